The zero-order valence-corrected chi connectivity index (χ0v) is 12.9. The molecule has 0 aliphatic carbocycles. The SMILES string of the molecule is COC(=O)N1CCCN(C(=O)c2ccc(C)cc2C)CC1. The quantitative estimate of drug-likeness (QED) is 0.797. The van der Waals surface area contributed by atoms with E-state index in [1.54, 1.807) is 4.90 Å². The summed E-state index contributed by atoms with van der Waals surface area (Å²) in [5, 5.41) is 0. The van der Waals surface area contributed by atoms with Crippen molar-refractivity contribution in [2.45, 2.75) is 20.3 Å². The Morgan fingerprint density at radius 3 is 2.38 bits per heavy atom. The summed E-state index contributed by atoms with van der Waals surface area (Å²) in [7, 11) is 1.38. The van der Waals surface area contributed by atoms with Crippen molar-refractivity contribution in [2.75, 3.05) is 33.3 Å². The Morgan fingerprint density at radius 2 is 1.71 bits per heavy atom. The summed E-state index contributed by atoms with van der Waals surface area (Å²) in [6.07, 6.45) is 0.446. The molecule has 0 aromatic heterocycles. The Labute approximate surface area is 125 Å². The smallest absolute Gasteiger partial charge is 0.409 e. The van der Waals surface area contributed by atoms with Gasteiger partial charge in [0.2, 0.25) is 0 Å². The van der Waals surface area contributed by atoms with Gasteiger partial charge in [0.15, 0.2) is 0 Å². The number of carbonyl (C=O) groups is 2. The van der Waals surface area contributed by atoms with E-state index in [2.05, 4.69) is 0 Å². The third-order valence-corrected chi connectivity index (χ3v) is 3.83. The van der Waals surface area contributed by atoms with Gasteiger partial charge in [-0.1, -0.05) is 17.7 Å². The Morgan fingerprint density at radius 1 is 1.05 bits per heavy atom. The lowest BCUT2D eigenvalue weighted by Crippen LogP contribution is -2.37. The van der Waals surface area contributed by atoms with Gasteiger partial charge in [0.1, 0.15) is 0 Å². The highest BCUT2D eigenvalue weighted by Crippen LogP contribution is 2.15. The van der Waals surface area contributed by atoms with E-state index in [0.29, 0.717) is 26.2 Å². The molecule has 0 atom stereocenters. The van der Waals surface area contributed by atoms with Crippen molar-refractivity contribution in [2.24, 2.45) is 0 Å². The molecule has 0 spiro atoms. The molecule has 1 heterocycles. The Hall–Kier alpha value is -2.04. The molecule has 1 aliphatic heterocycles. The number of carbonyl (C=O) groups excluding carboxylic acids is 2. The number of hydrogen-bond acceptors (Lipinski definition) is 3. The van der Waals surface area contributed by atoms with Gasteiger partial charge >= 0.3 is 6.09 Å². The maximum Gasteiger partial charge on any atom is 0.409 e. The van der Waals surface area contributed by atoms with Gasteiger partial charge < -0.3 is 14.5 Å². The zero-order valence-electron chi connectivity index (χ0n) is 12.9. The van der Waals surface area contributed by atoms with Gasteiger partial charge in [-0.05, 0) is 31.9 Å². The van der Waals surface area contributed by atoms with Gasteiger partial charge in [-0.2, -0.15) is 0 Å². The molecule has 2 rings (SSSR count). The molecule has 2 amide bonds. The lowest BCUT2D eigenvalue weighted by Gasteiger charge is -2.22. The van der Waals surface area contributed by atoms with Crippen molar-refractivity contribution in [3.63, 3.8) is 0 Å². The second kappa shape index (κ2) is 6.61. The van der Waals surface area contributed by atoms with Crippen LogP contribution in [-0.2, 0) is 4.74 Å². The number of benzene rings is 1. The Kier molecular flexibility index (Phi) is 4.83. The fourth-order valence-corrected chi connectivity index (χ4v) is 2.66. The topological polar surface area (TPSA) is 49.9 Å². The van der Waals surface area contributed by atoms with E-state index in [1.165, 1.54) is 7.11 Å². The van der Waals surface area contributed by atoms with Gasteiger partial charge in [0.25, 0.3) is 5.91 Å². The molecule has 1 fully saturated rings. The summed E-state index contributed by atoms with van der Waals surface area (Å²) in [5.41, 5.74) is 2.89. The van der Waals surface area contributed by atoms with Gasteiger partial charge in [-0.25, -0.2) is 4.79 Å². The molecule has 0 radical (unpaired) electrons. The summed E-state index contributed by atoms with van der Waals surface area (Å²) in [4.78, 5) is 27.6. The van der Waals surface area contributed by atoms with Crippen LogP contribution in [0, 0.1) is 13.8 Å². The fraction of sp³-hybridized carbons (Fsp3) is 0.500. The molecule has 5 nitrogen and oxygen atoms in total. The van der Waals surface area contributed by atoms with Crippen LogP contribution in [0.5, 0.6) is 0 Å². The molecule has 5 heteroatoms. The summed E-state index contributed by atoms with van der Waals surface area (Å²) < 4.78 is 4.74. The highest BCUT2D eigenvalue weighted by molar-refractivity contribution is 5.95. The molecule has 1 aromatic rings. The summed E-state index contributed by atoms with van der Waals surface area (Å²) in [6, 6.07) is 5.86. The molecule has 114 valence electrons. The lowest BCUT2D eigenvalue weighted by atomic mass is 10.0. The Bertz CT molecular complexity index is 542. The van der Waals surface area contributed by atoms with Crippen molar-refractivity contribution in [1.82, 2.24) is 9.80 Å². The first-order chi connectivity index (χ1) is 10.0. The zero-order chi connectivity index (χ0) is 15.4. The van der Waals surface area contributed by atoms with E-state index in [1.807, 2.05) is 36.9 Å². The minimum Gasteiger partial charge on any atom is -0.453 e. The minimum atomic E-state index is -0.323. The second-order valence-corrected chi connectivity index (χ2v) is 5.42. The standard InChI is InChI=1S/C16H22N2O3/c1-12-5-6-14(13(2)11-12)15(19)17-7-4-8-18(10-9-17)16(20)21-3/h5-6,11H,4,7-10H2,1-3H3. The van der Waals surface area contributed by atoms with Crippen LogP contribution in [0.3, 0.4) is 0 Å². The number of hydrogen-bond donors (Lipinski definition) is 0. The first kappa shape index (κ1) is 15.4. The molecule has 0 N–H and O–H groups in total. The average molecular weight is 290 g/mol. The van der Waals surface area contributed by atoms with Crippen molar-refractivity contribution in [1.29, 1.82) is 0 Å². The average Bonchev–Trinajstić information content (AvgIpc) is 2.71. The van der Waals surface area contributed by atoms with Gasteiger partial charge in [0, 0.05) is 31.7 Å². The number of ether oxygens (including phenoxy) is 1. The first-order valence-electron chi connectivity index (χ1n) is 7.22. The van der Waals surface area contributed by atoms with Gasteiger partial charge in [-0.3, -0.25) is 4.79 Å². The molecular weight excluding hydrogens is 268 g/mol. The Balaban J connectivity index is 2.08. The summed E-state index contributed by atoms with van der Waals surface area (Å²) >= 11 is 0. The van der Waals surface area contributed by atoms with Crippen LogP contribution < -0.4 is 0 Å². The third-order valence-electron chi connectivity index (χ3n) is 3.83. The van der Waals surface area contributed by atoms with Crippen LogP contribution in [0.2, 0.25) is 0 Å². The number of nitrogens with zero attached hydrogens (tertiary/aromatic N) is 2. The second-order valence-electron chi connectivity index (χ2n) is 5.42. The number of rotatable bonds is 1. The van der Waals surface area contributed by atoms with E-state index >= 15 is 0 Å². The third kappa shape index (κ3) is 3.54. The van der Waals surface area contributed by atoms with Crippen molar-refractivity contribution >= 4 is 12.0 Å². The largest absolute Gasteiger partial charge is 0.453 e. The highest BCUT2D eigenvalue weighted by atomic mass is 16.5. The summed E-state index contributed by atoms with van der Waals surface area (Å²) in [5.74, 6) is 0.0409. The molecule has 0 saturated carbocycles. The summed E-state index contributed by atoms with van der Waals surface area (Å²) in [6.45, 7) is 6.33. The van der Waals surface area contributed by atoms with Gasteiger partial charge in [-0.15, -0.1) is 0 Å². The number of aryl methyl sites for hydroxylation is 2. The predicted octanol–water partition coefficient (Wildman–Crippen LogP) is 2.22. The lowest BCUT2D eigenvalue weighted by molar-refractivity contribution is 0.0756. The number of methoxy groups -OCH3 is 1. The maximum atomic E-state index is 12.6. The van der Waals surface area contributed by atoms with E-state index in [4.69, 9.17) is 4.74 Å². The highest BCUT2D eigenvalue weighted by Gasteiger charge is 2.23. The van der Waals surface area contributed by atoms with Crippen LogP contribution in [-0.4, -0.2) is 55.1 Å². The number of amides is 2. The fourth-order valence-electron chi connectivity index (χ4n) is 2.66. The predicted molar refractivity (Wildman–Crippen MR) is 80.4 cm³/mol. The molecular formula is C16H22N2O3. The van der Waals surface area contributed by atoms with Crippen molar-refractivity contribution in [3.05, 3.63) is 34.9 Å². The molecule has 1 aromatic carbocycles. The maximum absolute atomic E-state index is 12.6. The van der Waals surface area contributed by atoms with Crippen LogP contribution in [0.4, 0.5) is 4.79 Å². The first-order valence-corrected chi connectivity index (χ1v) is 7.22. The normalized spacial score (nSPS) is 15.6. The molecule has 1 saturated heterocycles. The van der Waals surface area contributed by atoms with E-state index < -0.39 is 0 Å². The van der Waals surface area contributed by atoms with Crippen LogP contribution >= 0.6 is 0 Å². The van der Waals surface area contributed by atoms with Crippen LogP contribution in [0.25, 0.3) is 0 Å². The van der Waals surface area contributed by atoms with Gasteiger partial charge in [0.05, 0.1) is 7.11 Å². The minimum absolute atomic E-state index is 0.0409. The monoisotopic (exact) mass is 290 g/mol. The van der Waals surface area contributed by atoms with E-state index in [9.17, 15) is 9.59 Å². The van der Waals surface area contributed by atoms with E-state index in [-0.39, 0.29) is 12.0 Å². The van der Waals surface area contributed by atoms with E-state index in [0.717, 1.165) is 23.1 Å². The van der Waals surface area contributed by atoms with Crippen LogP contribution in [0.1, 0.15) is 27.9 Å². The molecule has 21 heavy (non-hydrogen) atoms. The van der Waals surface area contributed by atoms with Crippen molar-refractivity contribution in [3.8, 4) is 0 Å². The molecule has 0 bridgehead atoms. The van der Waals surface area contributed by atoms with Crippen molar-refractivity contribution < 1.29 is 14.3 Å². The molecule has 0 unspecified atom stereocenters. The van der Waals surface area contributed by atoms with Crippen LogP contribution in [0.15, 0.2) is 18.2 Å². The molecule has 1 aliphatic rings.